The van der Waals surface area contributed by atoms with Gasteiger partial charge in [0.1, 0.15) is 24.2 Å². The summed E-state index contributed by atoms with van der Waals surface area (Å²) in [5, 5.41) is 11.9. The van der Waals surface area contributed by atoms with Crippen LogP contribution in [0.1, 0.15) is 48.5 Å². The minimum absolute atomic E-state index is 0.186. The normalized spacial score (nSPS) is 16.8. The molecular formula is C18H35N3O5S2. The smallest absolute Gasteiger partial charge is 0.323 e. The molecule has 6 N–H and O–H groups in total. The van der Waals surface area contributed by atoms with Crippen molar-refractivity contribution in [1.29, 1.82) is 0 Å². The van der Waals surface area contributed by atoms with Gasteiger partial charge in [-0.1, -0.05) is 42.4 Å². The van der Waals surface area contributed by atoms with Gasteiger partial charge in [-0.2, -0.15) is 0 Å². The molecule has 0 aromatic rings. The number of ketones is 1. The van der Waals surface area contributed by atoms with Crippen molar-refractivity contribution in [3.05, 3.63) is 0 Å². The van der Waals surface area contributed by atoms with E-state index in [9.17, 15) is 14.4 Å². The number of nitrogens with one attached hydrogen (secondary N) is 1. The van der Waals surface area contributed by atoms with Crippen LogP contribution < -0.4 is 16.8 Å². The van der Waals surface area contributed by atoms with Gasteiger partial charge in [0.25, 0.3) is 0 Å². The number of carboxylic acid groups (broad SMARTS) is 1. The molecule has 0 aliphatic heterocycles. The van der Waals surface area contributed by atoms with Crippen LogP contribution in [-0.2, 0) is 19.1 Å². The minimum Gasteiger partial charge on any atom is -0.480 e. The van der Waals surface area contributed by atoms with E-state index in [4.69, 9.17) is 21.3 Å². The van der Waals surface area contributed by atoms with Crippen molar-refractivity contribution in [3.8, 4) is 0 Å². The van der Waals surface area contributed by atoms with E-state index in [1.807, 2.05) is 20.8 Å². The molecular weight excluding hydrogens is 402 g/mol. The number of nitrogens with two attached hydrogens (primary N) is 2. The molecule has 0 heterocycles. The van der Waals surface area contributed by atoms with Gasteiger partial charge in [-0.15, -0.1) is 0 Å². The summed E-state index contributed by atoms with van der Waals surface area (Å²) >= 11 is 0. The van der Waals surface area contributed by atoms with E-state index in [-0.39, 0.29) is 22.8 Å². The molecule has 0 aliphatic carbocycles. The Balaban J connectivity index is 5.05. The third-order valence-electron chi connectivity index (χ3n) is 3.59. The first kappa shape index (κ1) is 27.2. The van der Waals surface area contributed by atoms with E-state index in [0.29, 0.717) is 0 Å². The van der Waals surface area contributed by atoms with Crippen molar-refractivity contribution < 1.29 is 24.2 Å². The third kappa shape index (κ3) is 10.7. The highest BCUT2D eigenvalue weighted by molar-refractivity contribution is 8.76. The first-order valence-electron chi connectivity index (χ1n) is 9.07. The number of hydrogen-bond acceptors (Lipinski definition) is 9. The first-order valence-corrected chi connectivity index (χ1v) is 11.6. The Morgan fingerprint density at radius 1 is 1.04 bits per heavy atom. The summed E-state index contributed by atoms with van der Waals surface area (Å²) in [6, 6.07) is -2.54. The zero-order valence-corrected chi connectivity index (χ0v) is 19.4. The van der Waals surface area contributed by atoms with Crippen molar-refractivity contribution in [2.24, 2.45) is 16.9 Å². The number of Topliss-reactive ketones (excluding diaryl/α,β-unsaturated/α-hetero) is 1. The maximum absolute atomic E-state index is 12.6. The molecule has 0 aliphatic rings. The zero-order valence-electron chi connectivity index (χ0n) is 17.8. The number of carbonyl (C=O) groups excluding carboxylic acids is 2. The molecule has 0 aromatic heterocycles. The highest BCUT2D eigenvalue weighted by Crippen LogP contribution is 2.26. The molecule has 0 radical (unpaired) electrons. The third-order valence-corrected chi connectivity index (χ3v) is 6.04. The predicted molar refractivity (Wildman–Crippen MR) is 115 cm³/mol. The van der Waals surface area contributed by atoms with Crippen LogP contribution >= 0.6 is 21.6 Å². The fourth-order valence-electron chi connectivity index (χ4n) is 2.15. The zero-order chi connectivity index (χ0) is 22.3. The van der Waals surface area contributed by atoms with Crippen LogP contribution in [0.3, 0.4) is 0 Å². The van der Waals surface area contributed by atoms with Gasteiger partial charge in [0, 0.05) is 22.5 Å². The molecule has 0 spiro atoms. The van der Waals surface area contributed by atoms with Crippen LogP contribution in [0.25, 0.3) is 0 Å². The molecule has 0 fully saturated rings. The number of hydrogen-bond donors (Lipinski definition) is 4. The van der Waals surface area contributed by atoms with E-state index in [0.717, 1.165) is 0 Å². The molecule has 4 unspecified atom stereocenters. The van der Waals surface area contributed by atoms with Gasteiger partial charge in [0.15, 0.2) is 5.78 Å². The summed E-state index contributed by atoms with van der Waals surface area (Å²) in [5.41, 5.74) is 10.6. The van der Waals surface area contributed by atoms with Crippen molar-refractivity contribution in [2.45, 2.75) is 78.2 Å². The lowest BCUT2D eigenvalue weighted by molar-refractivity contribution is -0.153. The number of aliphatic carboxylic acids is 1. The molecule has 0 aromatic carbocycles. The maximum atomic E-state index is 12.6. The van der Waals surface area contributed by atoms with Gasteiger partial charge in [-0.25, -0.2) is 0 Å². The highest BCUT2D eigenvalue weighted by atomic mass is 33.1. The Hall–Kier alpha value is -0.810. The van der Waals surface area contributed by atoms with E-state index in [1.165, 1.54) is 21.6 Å². The van der Waals surface area contributed by atoms with Crippen LogP contribution in [0, 0.1) is 5.41 Å². The molecule has 0 saturated carbocycles. The van der Waals surface area contributed by atoms with Crippen LogP contribution in [0.5, 0.6) is 0 Å². The number of carboxylic acids is 1. The molecule has 164 valence electrons. The van der Waals surface area contributed by atoms with Gasteiger partial charge >= 0.3 is 11.9 Å². The Morgan fingerprint density at radius 3 is 1.96 bits per heavy atom. The van der Waals surface area contributed by atoms with Crippen LogP contribution in [0.2, 0.25) is 0 Å². The second kappa shape index (κ2) is 11.4. The number of esters is 1. The monoisotopic (exact) mass is 437 g/mol. The fraction of sp³-hybridized carbons (Fsp3) is 0.833. The molecule has 4 atom stereocenters. The SMILES string of the molecule is CC(NC(C)(C)C)C(=O)OC(CSSCC(N)C(=O)O)C(N)C(=O)C(C)(C)C. The largest absolute Gasteiger partial charge is 0.480 e. The predicted octanol–water partition coefficient (Wildman–Crippen LogP) is 1.41. The van der Waals surface area contributed by atoms with E-state index in [1.54, 1.807) is 27.7 Å². The molecule has 8 nitrogen and oxygen atoms in total. The Morgan fingerprint density at radius 2 is 1.54 bits per heavy atom. The summed E-state index contributed by atoms with van der Waals surface area (Å²) in [6.07, 6.45) is -0.831. The lowest BCUT2D eigenvalue weighted by atomic mass is 9.85. The van der Waals surface area contributed by atoms with E-state index < -0.39 is 41.6 Å². The van der Waals surface area contributed by atoms with Crippen LogP contribution in [0.15, 0.2) is 0 Å². The molecule has 0 amide bonds. The quantitative estimate of drug-likeness (QED) is 0.213. The highest BCUT2D eigenvalue weighted by Gasteiger charge is 2.35. The second-order valence-electron chi connectivity index (χ2n) is 8.75. The van der Waals surface area contributed by atoms with Gasteiger partial charge in [0.2, 0.25) is 0 Å². The number of rotatable bonds is 11. The fourth-order valence-corrected chi connectivity index (χ4v) is 4.46. The standard InChI is InChI=1S/C18H35N3O5S2/c1-10(21-18(5,6)7)16(25)26-12(13(20)14(22)17(2,3)4)9-28-27-8-11(19)15(23)24/h10-13,21H,8-9,19-20H2,1-7H3,(H,23,24). The Kier molecular flexibility index (Phi) is 11.1. The molecule has 0 saturated heterocycles. The topological polar surface area (TPSA) is 145 Å². The first-order chi connectivity index (χ1) is 12.6. The van der Waals surface area contributed by atoms with Crippen LogP contribution in [0.4, 0.5) is 0 Å². The summed E-state index contributed by atoms with van der Waals surface area (Å²) in [5.74, 6) is -1.36. The summed E-state index contributed by atoms with van der Waals surface area (Å²) in [4.78, 5) is 35.8. The lowest BCUT2D eigenvalue weighted by Crippen LogP contribution is -2.53. The summed E-state index contributed by atoms with van der Waals surface area (Å²) < 4.78 is 5.56. The Labute approximate surface area is 175 Å². The number of carbonyl (C=O) groups is 3. The molecule has 10 heteroatoms. The number of ether oxygens (including phenoxy) is 1. The molecule has 0 bridgehead atoms. The van der Waals surface area contributed by atoms with Crippen LogP contribution in [-0.4, -0.2) is 64.1 Å². The van der Waals surface area contributed by atoms with Gasteiger partial charge < -0.3 is 21.3 Å². The Bertz CT molecular complexity index is 546. The summed E-state index contributed by atoms with van der Waals surface area (Å²) in [6.45, 7) is 12.8. The molecule has 0 rings (SSSR count). The van der Waals surface area contributed by atoms with E-state index in [2.05, 4.69) is 5.32 Å². The maximum Gasteiger partial charge on any atom is 0.323 e. The lowest BCUT2D eigenvalue weighted by Gasteiger charge is -2.30. The van der Waals surface area contributed by atoms with E-state index >= 15 is 0 Å². The molecule has 28 heavy (non-hydrogen) atoms. The summed E-state index contributed by atoms with van der Waals surface area (Å²) in [7, 11) is 2.51. The average molecular weight is 438 g/mol. The second-order valence-corrected chi connectivity index (χ2v) is 11.3. The van der Waals surface area contributed by atoms with Crippen molar-refractivity contribution >= 4 is 39.3 Å². The average Bonchev–Trinajstić information content (AvgIpc) is 2.53. The van der Waals surface area contributed by atoms with Crippen molar-refractivity contribution in [2.75, 3.05) is 11.5 Å². The van der Waals surface area contributed by atoms with Gasteiger partial charge in [-0.05, 0) is 27.7 Å². The van der Waals surface area contributed by atoms with Gasteiger partial charge in [-0.3, -0.25) is 19.7 Å². The van der Waals surface area contributed by atoms with Crippen molar-refractivity contribution in [1.82, 2.24) is 5.32 Å². The minimum atomic E-state index is -1.09. The van der Waals surface area contributed by atoms with Crippen molar-refractivity contribution in [3.63, 3.8) is 0 Å². The van der Waals surface area contributed by atoms with Gasteiger partial charge in [0.05, 0.1) is 0 Å².